The van der Waals surface area contributed by atoms with Crippen LogP contribution >= 0.6 is 0 Å². The third-order valence-corrected chi connectivity index (χ3v) is 3.79. The predicted molar refractivity (Wildman–Crippen MR) is 61.2 cm³/mol. The van der Waals surface area contributed by atoms with Crippen LogP contribution in [-0.2, 0) is 10.0 Å². The Balaban J connectivity index is 2.94. The Morgan fingerprint density at radius 2 is 1.89 bits per heavy atom. The van der Waals surface area contributed by atoms with Gasteiger partial charge in [-0.15, -0.1) is 0 Å². The smallest absolute Gasteiger partial charge is 0.246 e. The molecule has 2 atom stereocenters. The van der Waals surface area contributed by atoms with Gasteiger partial charge in [-0.05, 0) is 19.1 Å². The molecule has 0 saturated heterocycles. The van der Waals surface area contributed by atoms with Crippen molar-refractivity contribution in [3.8, 4) is 0 Å². The number of aliphatic hydroxyl groups excluding tert-OH is 1. The Bertz CT molecular complexity index is 500. The van der Waals surface area contributed by atoms with Gasteiger partial charge in [0.2, 0.25) is 10.0 Å². The average molecular weight is 280 g/mol. The van der Waals surface area contributed by atoms with Gasteiger partial charge in [-0.1, -0.05) is 6.07 Å². The lowest BCUT2D eigenvalue weighted by molar-refractivity contribution is 0.164. The average Bonchev–Trinajstić information content (AvgIpc) is 2.25. The summed E-state index contributed by atoms with van der Waals surface area (Å²) >= 11 is 0. The van der Waals surface area contributed by atoms with E-state index >= 15 is 0 Å². The Hall–Kier alpha value is -1.09. The number of hydrogen-bond donors (Lipinski definition) is 3. The molecule has 8 heteroatoms. The Morgan fingerprint density at radius 1 is 1.39 bits per heavy atom. The third kappa shape index (κ3) is 3.45. The SMILES string of the molecule is CC(O)C(N)CNS(=O)(=O)c1c(F)cccc1F. The maximum absolute atomic E-state index is 13.3. The molecule has 0 aliphatic heterocycles. The van der Waals surface area contributed by atoms with Crippen molar-refractivity contribution in [3.63, 3.8) is 0 Å². The van der Waals surface area contributed by atoms with Gasteiger partial charge in [-0.3, -0.25) is 0 Å². The zero-order valence-electron chi connectivity index (χ0n) is 9.60. The van der Waals surface area contributed by atoms with E-state index < -0.39 is 38.7 Å². The first kappa shape index (κ1) is 15.0. The van der Waals surface area contributed by atoms with E-state index in [0.29, 0.717) is 0 Å². The predicted octanol–water partition coefficient (Wildman–Crippen LogP) is -0.0488. The molecule has 1 rings (SSSR count). The molecule has 102 valence electrons. The maximum atomic E-state index is 13.3. The zero-order valence-corrected chi connectivity index (χ0v) is 10.4. The van der Waals surface area contributed by atoms with Crippen LogP contribution in [-0.4, -0.2) is 32.2 Å². The van der Waals surface area contributed by atoms with E-state index in [-0.39, 0.29) is 6.54 Å². The molecule has 2 unspecified atom stereocenters. The first-order chi connectivity index (χ1) is 8.25. The summed E-state index contributed by atoms with van der Waals surface area (Å²) in [5, 5.41) is 9.09. The van der Waals surface area contributed by atoms with E-state index in [1.807, 2.05) is 4.72 Å². The number of nitrogens with one attached hydrogen (secondary N) is 1. The van der Waals surface area contributed by atoms with Crippen LogP contribution in [0, 0.1) is 11.6 Å². The van der Waals surface area contributed by atoms with Crippen LogP contribution in [0.2, 0.25) is 0 Å². The van der Waals surface area contributed by atoms with E-state index in [2.05, 4.69) is 0 Å². The topological polar surface area (TPSA) is 92.4 Å². The highest BCUT2D eigenvalue weighted by molar-refractivity contribution is 7.89. The summed E-state index contributed by atoms with van der Waals surface area (Å²) in [6.07, 6.45) is -0.946. The number of sulfonamides is 1. The minimum atomic E-state index is -4.34. The minimum absolute atomic E-state index is 0.326. The molecule has 1 aromatic carbocycles. The number of halogens is 2. The van der Waals surface area contributed by atoms with Crippen molar-refractivity contribution in [1.82, 2.24) is 4.72 Å². The maximum Gasteiger partial charge on any atom is 0.246 e. The summed E-state index contributed by atoms with van der Waals surface area (Å²) in [6.45, 7) is 1.05. The van der Waals surface area contributed by atoms with Crippen molar-refractivity contribution in [2.45, 2.75) is 24.0 Å². The molecule has 18 heavy (non-hydrogen) atoms. The van der Waals surface area contributed by atoms with Crippen LogP contribution in [0.3, 0.4) is 0 Å². The molecule has 0 aromatic heterocycles. The normalized spacial score (nSPS) is 15.4. The number of benzene rings is 1. The van der Waals surface area contributed by atoms with E-state index in [1.165, 1.54) is 6.92 Å². The van der Waals surface area contributed by atoms with Crippen molar-refractivity contribution in [3.05, 3.63) is 29.8 Å². The monoisotopic (exact) mass is 280 g/mol. The molecule has 0 spiro atoms. The molecule has 0 radical (unpaired) electrons. The fourth-order valence-electron chi connectivity index (χ4n) is 1.19. The lowest BCUT2D eigenvalue weighted by Gasteiger charge is -2.15. The summed E-state index contributed by atoms with van der Waals surface area (Å²) in [5.41, 5.74) is 5.41. The Labute approximate surface area is 104 Å². The fourth-order valence-corrected chi connectivity index (χ4v) is 2.39. The van der Waals surface area contributed by atoms with Crippen LogP contribution in [0.25, 0.3) is 0 Å². The summed E-state index contributed by atoms with van der Waals surface area (Å²) in [7, 11) is -4.34. The van der Waals surface area contributed by atoms with Crippen LogP contribution < -0.4 is 10.5 Å². The minimum Gasteiger partial charge on any atom is -0.392 e. The molecule has 0 aliphatic rings. The van der Waals surface area contributed by atoms with Crippen molar-refractivity contribution >= 4 is 10.0 Å². The summed E-state index contributed by atoms with van der Waals surface area (Å²) in [4.78, 5) is -1.05. The Kier molecular flexibility index (Phi) is 4.74. The van der Waals surface area contributed by atoms with Crippen molar-refractivity contribution in [2.75, 3.05) is 6.54 Å². The zero-order chi connectivity index (χ0) is 13.9. The second-order valence-electron chi connectivity index (χ2n) is 3.81. The summed E-state index contributed by atoms with van der Waals surface area (Å²) < 4.78 is 51.9. The Morgan fingerprint density at radius 3 is 2.33 bits per heavy atom. The van der Waals surface area contributed by atoms with Crippen LogP contribution in [0.5, 0.6) is 0 Å². The standard InChI is InChI=1S/C10H14F2N2O3S/c1-6(15)9(13)5-14-18(16,17)10-7(11)3-2-4-8(10)12/h2-4,6,9,14-15H,5,13H2,1H3. The molecular formula is C10H14F2N2O3S. The molecule has 0 saturated carbocycles. The van der Waals surface area contributed by atoms with Crippen molar-refractivity contribution < 1.29 is 22.3 Å². The molecule has 0 aliphatic carbocycles. The second kappa shape index (κ2) is 5.70. The van der Waals surface area contributed by atoms with Gasteiger partial charge in [0.15, 0.2) is 4.90 Å². The molecular weight excluding hydrogens is 266 g/mol. The lowest BCUT2D eigenvalue weighted by Crippen LogP contribution is -2.43. The van der Waals surface area contributed by atoms with E-state index in [0.717, 1.165) is 18.2 Å². The third-order valence-electron chi connectivity index (χ3n) is 2.32. The fraction of sp³-hybridized carbons (Fsp3) is 0.400. The first-order valence-electron chi connectivity index (χ1n) is 5.13. The van der Waals surface area contributed by atoms with Gasteiger partial charge in [-0.2, -0.15) is 0 Å². The van der Waals surface area contributed by atoms with Crippen LogP contribution in [0.4, 0.5) is 8.78 Å². The highest BCUT2D eigenvalue weighted by Crippen LogP contribution is 2.17. The highest BCUT2D eigenvalue weighted by atomic mass is 32.2. The quantitative estimate of drug-likeness (QED) is 0.705. The van der Waals surface area contributed by atoms with Gasteiger partial charge in [0, 0.05) is 12.6 Å². The molecule has 5 nitrogen and oxygen atoms in total. The molecule has 0 bridgehead atoms. The van der Waals surface area contributed by atoms with Gasteiger partial charge in [0.25, 0.3) is 0 Å². The molecule has 0 heterocycles. The molecule has 1 aromatic rings. The van der Waals surface area contributed by atoms with Crippen LogP contribution in [0.1, 0.15) is 6.92 Å². The number of aliphatic hydroxyl groups is 1. The van der Waals surface area contributed by atoms with Crippen LogP contribution in [0.15, 0.2) is 23.1 Å². The molecule has 4 N–H and O–H groups in total. The molecule has 0 amide bonds. The second-order valence-corrected chi connectivity index (χ2v) is 5.51. The van der Waals surface area contributed by atoms with Gasteiger partial charge < -0.3 is 10.8 Å². The lowest BCUT2D eigenvalue weighted by atomic mass is 10.2. The molecule has 0 fully saturated rings. The number of hydrogen-bond acceptors (Lipinski definition) is 4. The highest BCUT2D eigenvalue weighted by Gasteiger charge is 2.24. The van der Waals surface area contributed by atoms with E-state index in [9.17, 15) is 17.2 Å². The van der Waals surface area contributed by atoms with E-state index in [4.69, 9.17) is 10.8 Å². The van der Waals surface area contributed by atoms with Crippen molar-refractivity contribution in [2.24, 2.45) is 5.73 Å². The van der Waals surface area contributed by atoms with E-state index in [1.54, 1.807) is 0 Å². The van der Waals surface area contributed by atoms with Gasteiger partial charge in [-0.25, -0.2) is 21.9 Å². The summed E-state index contributed by atoms with van der Waals surface area (Å²) in [5.74, 6) is -2.37. The van der Waals surface area contributed by atoms with Crippen molar-refractivity contribution in [1.29, 1.82) is 0 Å². The largest absolute Gasteiger partial charge is 0.392 e. The van der Waals surface area contributed by atoms with Gasteiger partial charge in [0.05, 0.1) is 6.10 Å². The van der Waals surface area contributed by atoms with Gasteiger partial charge >= 0.3 is 0 Å². The summed E-state index contributed by atoms with van der Waals surface area (Å²) in [6, 6.07) is 1.87. The number of nitrogens with two attached hydrogens (primary N) is 1. The first-order valence-corrected chi connectivity index (χ1v) is 6.61. The van der Waals surface area contributed by atoms with Gasteiger partial charge in [0.1, 0.15) is 11.6 Å². The number of rotatable bonds is 5.